The van der Waals surface area contributed by atoms with Crippen molar-refractivity contribution in [2.45, 2.75) is 64.3 Å². The number of carbonyl (C=O) groups excluding carboxylic acids is 1. The minimum atomic E-state index is -0.500. The third kappa shape index (κ3) is 3.15. The topological polar surface area (TPSA) is 80.9 Å². The van der Waals surface area contributed by atoms with Gasteiger partial charge in [-0.3, -0.25) is 4.79 Å². The van der Waals surface area contributed by atoms with E-state index >= 15 is 0 Å². The number of rotatable bonds is 4. The minimum absolute atomic E-state index is 0.0604. The smallest absolute Gasteiger partial charge is 0.277 e. The summed E-state index contributed by atoms with van der Waals surface area (Å²) in [5.74, 6) is 1.31. The summed E-state index contributed by atoms with van der Waals surface area (Å²) in [7, 11) is 0. The Hall–Kier alpha value is -1.76. The van der Waals surface area contributed by atoms with Crippen molar-refractivity contribution in [2.24, 2.45) is 0 Å². The molecule has 1 N–H and O–H groups in total. The van der Waals surface area contributed by atoms with Crippen molar-refractivity contribution < 1.29 is 9.32 Å². The third-order valence-electron chi connectivity index (χ3n) is 4.30. The Labute approximate surface area is 139 Å². The van der Waals surface area contributed by atoms with Crippen molar-refractivity contribution >= 4 is 17.2 Å². The first-order valence-electron chi connectivity index (χ1n) is 8.08. The summed E-state index contributed by atoms with van der Waals surface area (Å²) in [5, 5.41) is 7.25. The van der Waals surface area contributed by atoms with E-state index in [0.717, 1.165) is 36.3 Å². The van der Waals surface area contributed by atoms with Crippen molar-refractivity contribution in [2.75, 3.05) is 0 Å². The highest BCUT2D eigenvalue weighted by molar-refractivity contribution is 7.10. The zero-order chi connectivity index (χ0) is 16.4. The number of carbonyl (C=O) groups is 1. The molecule has 7 heteroatoms. The van der Waals surface area contributed by atoms with Gasteiger partial charge in [0.2, 0.25) is 5.91 Å². The highest BCUT2D eigenvalue weighted by atomic mass is 32.1. The molecule has 0 spiro atoms. The van der Waals surface area contributed by atoms with Crippen molar-refractivity contribution in [3.8, 4) is 11.6 Å². The third-order valence-corrected chi connectivity index (χ3v) is 5.43. The second-order valence-electron chi connectivity index (χ2n) is 6.47. The van der Waals surface area contributed by atoms with Gasteiger partial charge in [-0.1, -0.05) is 38.3 Å². The molecule has 0 aromatic carbocycles. The van der Waals surface area contributed by atoms with Crippen LogP contribution in [-0.2, 0) is 10.3 Å². The predicted molar refractivity (Wildman–Crippen MR) is 88.1 cm³/mol. The van der Waals surface area contributed by atoms with Gasteiger partial charge in [-0.25, -0.2) is 4.98 Å². The van der Waals surface area contributed by atoms with E-state index in [1.54, 1.807) is 16.8 Å². The normalized spacial score (nSPS) is 17.4. The van der Waals surface area contributed by atoms with Gasteiger partial charge in [-0.05, 0) is 18.8 Å². The molecule has 1 aliphatic rings. The SMILES string of the molecule is CC(=O)NC1(c2noc(-c3ncsc3C(C)C)n2)CCCCC1. The lowest BCUT2D eigenvalue weighted by atomic mass is 9.81. The summed E-state index contributed by atoms with van der Waals surface area (Å²) >= 11 is 1.60. The molecule has 1 amide bonds. The van der Waals surface area contributed by atoms with Crippen LogP contribution in [-0.4, -0.2) is 21.0 Å². The fourth-order valence-corrected chi connectivity index (χ4v) is 4.03. The molecule has 6 nitrogen and oxygen atoms in total. The lowest BCUT2D eigenvalue weighted by Gasteiger charge is -2.34. The van der Waals surface area contributed by atoms with E-state index in [9.17, 15) is 4.79 Å². The first-order valence-corrected chi connectivity index (χ1v) is 8.96. The Kier molecular flexibility index (Phi) is 4.48. The van der Waals surface area contributed by atoms with Gasteiger partial charge in [-0.2, -0.15) is 4.98 Å². The molecule has 2 aromatic rings. The van der Waals surface area contributed by atoms with Gasteiger partial charge >= 0.3 is 0 Å². The van der Waals surface area contributed by atoms with Gasteiger partial charge in [0.05, 0.1) is 5.51 Å². The second-order valence-corrected chi connectivity index (χ2v) is 7.35. The molecule has 23 heavy (non-hydrogen) atoms. The number of amides is 1. The maximum atomic E-state index is 11.7. The van der Waals surface area contributed by atoms with Gasteiger partial charge < -0.3 is 9.84 Å². The molecular formula is C16H22N4O2S. The summed E-state index contributed by atoms with van der Waals surface area (Å²) < 4.78 is 5.49. The second kappa shape index (κ2) is 6.39. The maximum absolute atomic E-state index is 11.7. The molecule has 2 aromatic heterocycles. The van der Waals surface area contributed by atoms with Crippen LogP contribution in [0.1, 0.15) is 69.5 Å². The molecule has 1 saturated carbocycles. The Balaban J connectivity index is 1.95. The molecule has 1 fully saturated rings. The fourth-order valence-electron chi connectivity index (χ4n) is 3.24. The zero-order valence-corrected chi connectivity index (χ0v) is 14.6. The lowest BCUT2D eigenvalue weighted by molar-refractivity contribution is -0.121. The van der Waals surface area contributed by atoms with Gasteiger partial charge in [0.1, 0.15) is 11.2 Å². The van der Waals surface area contributed by atoms with Crippen LogP contribution in [0.25, 0.3) is 11.6 Å². The number of nitrogens with zero attached hydrogens (tertiary/aromatic N) is 3. The molecule has 2 heterocycles. The van der Waals surface area contributed by atoms with E-state index in [1.165, 1.54) is 13.3 Å². The molecule has 0 atom stereocenters. The number of nitrogens with one attached hydrogen (secondary N) is 1. The highest BCUT2D eigenvalue weighted by Crippen LogP contribution is 2.37. The summed E-state index contributed by atoms with van der Waals surface area (Å²) in [5.41, 5.74) is 2.07. The molecule has 124 valence electrons. The van der Waals surface area contributed by atoms with Crippen molar-refractivity contribution in [1.82, 2.24) is 20.4 Å². The van der Waals surface area contributed by atoms with Gasteiger partial charge in [-0.15, -0.1) is 11.3 Å². The quantitative estimate of drug-likeness (QED) is 0.923. The van der Waals surface area contributed by atoms with Crippen LogP contribution in [0.4, 0.5) is 0 Å². The Bertz CT molecular complexity index is 686. The molecule has 0 bridgehead atoms. The molecule has 3 rings (SSSR count). The molecule has 0 unspecified atom stereocenters. The summed E-state index contributed by atoms with van der Waals surface area (Å²) in [6.45, 7) is 5.77. The first-order chi connectivity index (χ1) is 11.0. The minimum Gasteiger partial charge on any atom is -0.343 e. The number of thiazole rings is 1. The van der Waals surface area contributed by atoms with E-state index in [1.807, 2.05) is 0 Å². The van der Waals surface area contributed by atoms with Crippen LogP contribution in [0.2, 0.25) is 0 Å². The predicted octanol–water partition coefficient (Wildman–Crippen LogP) is 3.61. The average Bonchev–Trinajstić information content (AvgIpc) is 3.16. The number of hydrogen-bond acceptors (Lipinski definition) is 6. The van der Waals surface area contributed by atoms with E-state index in [4.69, 9.17) is 4.52 Å². The Morgan fingerprint density at radius 1 is 1.35 bits per heavy atom. The van der Waals surface area contributed by atoms with E-state index < -0.39 is 5.54 Å². The standard InChI is InChI=1S/C16H22N4O2S/c1-10(2)13-12(17-9-23-13)14-18-15(20-22-14)16(19-11(3)21)7-5-4-6-8-16/h9-10H,4-8H2,1-3H3,(H,19,21). The Morgan fingerprint density at radius 2 is 2.09 bits per heavy atom. The van der Waals surface area contributed by atoms with Gasteiger partial charge in [0, 0.05) is 11.8 Å². The van der Waals surface area contributed by atoms with Crippen LogP contribution >= 0.6 is 11.3 Å². The fraction of sp³-hybridized carbons (Fsp3) is 0.625. The largest absolute Gasteiger partial charge is 0.343 e. The average molecular weight is 334 g/mol. The lowest BCUT2D eigenvalue weighted by Crippen LogP contribution is -2.47. The zero-order valence-electron chi connectivity index (χ0n) is 13.8. The van der Waals surface area contributed by atoms with E-state index in [0.29, 0.717) is 17.6 Å². The molecule has 0 aliphatic heterocycles. The number of aromatic nitrogens is 3. The van der Waals surface area contributed by atoms with Crippen LogP contribution < -0.4 is 5.32 Å². The summed E-state index contributed by atoms with van der Waals surface area (Å²) in [4.78, 5) is 21.8. The van der Waals surface area contributed by atoms with Crippen LogP contribution in [0.15, 0.2) is 10.0 Å². The van der Waals surface area contributed by atoms with Gasteiger partial charge in [0.15, 0.2) is 5.82 Å². The van der Waals surface area contributed by atoms with E-state index in [2.05, 4.69) is 34.3 Å². The van der Waals surface area contributed by atoms with Crippen LogP contribution in [0.5, 0.6) is 0 Å². The van der Waals surface area contributed by atoms with Crippen molar-refractivity contribution in [3.05, 3.63) is 16.2 Å². The molecular weight excluding hydrogens is 312 g/mol. The molecule has 1 aliphatic carbocycles. The van der Waals surface area contributed by atoms with E-state index in [-0.39, 0.29) is 5.91 Å². The first kappa shape index (κ1) is 16.1. The number of hydrogen-bond donors (Lipinski definition) is 1. The summed E-state index contributed by atoms with van der Waals surface area (Å²) in [6.07, 6.45) is 4.98. The monoisotopic (exact) mass is 334 g/mol. The Morgan fingerprint density at radius 3 is 2.74 bits per heavy atom. The summed E-state index contributed by atoms with van der Waals surface area (Å²) in [6, 6.07) is 0. The van der Waals surface area contributed by atoms with Crippen LogP contribution in [0.3, 0.4) is 0 Å². The molecule has 0 saturated heterocycles. The van der Waals surface area contributed by atoms with Crippen LogP contribution in [0, 0.1) is 0 Å². The van der Waals surface area contributed by atoms with Gasteiger partial charge in [0.25, 0.3) is 5.89 Å². The maximum Gasteiger partial charge on any atom is 0.277 e. The highest BCUT2D eigenvalue weighted by Gasteiger charge is 2.39. The van der Waals surface area contributed by atoms with Crippen molar-refractivity contribution in [3.63, 3.8) is 0 Å². The van der Waals surface area contributed by atoms with Crippen molar-refractivity contribution in [1.29, 1.82) is 0 Å². The molecule has 0 radical (unpaired) electrons.